The Bertz CT molecular complexity index is 1140. The Morgan fingerprint density at radius 2 is 1.87 bits per heavy atom. The van der Waals surface area contributed by atoms with E-state index in [2.05, 4.69) is 0 Å². The number of nitrogens with zero attached hydrogens (tertiary/aromatic N) is 1. The molecular formula is C25H21CaFNO3+. The zero-order valence-electron chi connectivity index (χ0n) is 17.0. The molecule has 6 heteroatoms. The van der Waals surface area contributed by atoms with Crippen molar-refractivity contribution >= 4 is 60.7 Å². The number of aromatic nitrogens is 1. The number of aliphatic hydroxyl groups is 1. The smallest absolute Gasteiger partial charge is 0.550 e. The number of hydrogen-bond donors (Lipinski definition) is 1. The van der Waals surface area contributed by atoms with E-state index in [1.54, 1.807) is 18.2 Å². The zero-order chi connectivity index (χ0) is 21.1. The van der Waals surface area contributed by atoms with Gasteiger partial charge in [-0.2, -0.15) is 0 Å². The fourth-order valence-electron chi connectivity index (χ4n) is 3.57. The Labute approximate surface area is 210 Å². The van der Waals surface area contributed by atoms with Crippen molar-refractivity contribution < 1.29 is 19.4 Å². The van der Waals surface area contributed by atoms with Crippen LogP contribution in [0.5, 0.6) is 0 Å². The van der Waals surface area contributed by atoms with Crippen LogP contribution in [0.1, 0.15) is 36.4 Å². The molecule has 4 rings (SSSR count). The number of hydrogen-bond acceptors (Lipinski definition) is 4. The van der Waals surface area contributed by atoms with Gasteiger partial charge in [-0.15, -0.1) is 0 Å². The third-order valence-electron chi connectivity index (χ3n) is 5.13. The fourth-order valence-corrected chi connectivity index (χ4v) is 3.57. The van der Waals surface area contributed by atoms with Crippen LogP contribution in [0.25, 0.3) is 28.1 Å². The maximum atomic E-state index is 13.6. The van der Waals surface area contributed by atoms with E-state index in [4.69, 9.17) is 4.98 Å². The minimum absolute atomic E-state index is 0. The molecule has 152 valence electrons. The van der Waals surface area contributed by atoms with Gasteiger partial charge in [0.25, 0.3) is 0 Å². The summed E-state index contributed by atoms with van der Waals surface area (Å²) in [6, 6.07) is 14.2. The van der Waals surface area contributed by atoms with Gasteiger partial charge >= 0.3 is 37.7 Å². The maximum Gasteiger partial charge on any atom is 2.00 e. The van der Waals surface area contributed by atoms with E-state index in [0.29, 0.717) is 5.92 Å². The van der Waals surface area contributed by atoms with Crippen LogP contribution in [0.4, 0.5) is 4.39 Å². The molecule has 1 aliphatic rings. The van der Waals surface area contributed by atoms with Crippen LogP contribution in [0, 0.1) is 5.82 Å². The molecule has 0 amide bonds. The summed E-state index contributed by atoms with van der Waals surface area (Å²) >= 11 is 0. The van der Waals surface area contributed by atoms with Crippen molar-refractivity contribution in [1.82, 2.24) is 4.98 Å². The van der Waals surface area contributed by atoms with Gasteiger partial charge in [0.05, 0.1) is 17.3 Å². The number of aliphatic hydroxyl groups excluding tert-OH is 1. The van der Waals surface area contributed by atoms with Crippen molar-refractivity contribution in [2.45, 2.75) is 31.3 Å². The van der Waals surface area contributed by atoms with Crippen molar-refractivity contribution in [3.63, 3.8) is 0 Å². The summed E-state index contributed by atoms with van der Waals surface area (Å²) in [6.07, 6.45) is 7.14. The SMILES string of the molecule is O=C([O-])C/C=C/[C@H](O)/C=C/c1c(C2CC2)nc2ccccc2c1-c1ccc(F)cc1.[Ca+2]. The van der Waals surface area contributed by atoms with E-state index >= 15 is 0 Å². The van der Waals surface area contributed by atoms with Gasteiger partial charge in [-0.3, -0.25) is 4.98 Å². The number of halogens is 1. The summed E-state index contributed by atoms with van der Waals surface area (Å²) in [4.78, 5) is 15.4. The monoisotopic (exact) mass is 442 g/mol. The Kier molecular flexibility index (Phi) is 8.00. The minimum Gasteiger partial charge on any atom is -0.550 e. The van der Waals surface area contributed by atoms with Crippen LogP contribution in [-0.4, -0.2) is 59.9 Å². The van der Waals surface area contributed by atoms with Gasteiger partial charge in [-0.1, -0.05) is 54.6 Å². The molecule has 3 aromatic rings. The van der Waals surface area contributed by atoms with Crippen LogP contribution < -0.4 is 5.11 Å². The first-order valence-electron chi connectivity index (χ1n) is 9.94. The molecule has 1 heterocycles. The number of carboxylic acids is 1. The largest absolute Gasteiger partial charge is 2.00 e. The molecular weight excluding hydrogens is 421 g/mol. The van der Waals surface area contributed by atoms with Crippen LogP contribution in [0.2, 0.25) is 0 Å². The molecule has 1 aliphatic carbocycles. The predicted molar refractivity (Wildman–Crippen MR) is 119 cm³/mol. The second-order valence-corrected chi connectivity index (χ2v) is 7.44. The average Bonchev–Trinajstić information content (AvgIpc) is 3.57. The van der Waals surface area contributed by atoms with E-state index in [9.17, 15) is 19.4 Å². The van der Waals surface area contributed by atoms with Gasteiger partial charge in [-0.25, -0.2) is 4.39 Å². The standard InChI is InChI=1S/C25H22FNO3.Ca/c26-18-12-10-16(11-13-18)24-20-5-1-2-6-22(20)27-25(17-8-9-17)21(24)15-14-19(28)4-3-7-23(29)30;/h1-6,10-15,17,19,28H,7-9H2,(H,29,30);/q;+2/p-1/b4-3+,15-14+;/t19-;/m0./s1. The van der Waals surface area contributed by atoms with Crippen LogP contribution in [-0.2, 0) is 4.79 Å². The number of pyridine rings is 1. The first kappa shape index (κ1) is 23.6. The number of fused-ring (bicyclic) bond motifs is 1. The molecule has 4 nitrogen and oxygen atoms in total. The molecule has 1 aromatic heterocycles. The molecule has 0 spiro atoms. The number of carbonyl (C=O) groups is 1. The average molecular weight is 443 g/mol. The maximum absolute atomic E-state index is 13.6. The van der Waals surface area contributed by atoms with Crippen molar-refractivity contribution in [3.8, 4) is 11.1 Å². The molecule has 1 atom stereocenters. The fraction of sp³-hybridized carbons (Fsp3) is 0.200. The first-order chi connectivity index (χ1) is 14.5. The van der Waals surface area contributed by atoms with E-state index in [1.165, 1.54) is 24.3 Å². The predicted octanol–water partition coefficient (Wildman–Crippen LogP) is 3.61. The minimum atomic E-state index is -1.20. The summed E-state index contributed by atoms with van der Waals surface area (Å²) in [5.74, 6) is -1.14. The second-order valence-electron chi connectivity index (χ2n) is 7.44. The molecule has 0 aliphatic heterocycles. The van der Waals surface area contributed by atoms with Crippen LogP contribution in [0.3, 0.4) is 0 Å². The van der Waals surface area contributed by atoms with Gasteiger partial charge < -0.3 is 15.0 Å². The van der Waals surface area contributed by atoms with Crippen LogP contribution in [0.15, 0.2) is 66.8 Å². The summed E-state index contributed by atoms with van der Waals surface area (Å²) in [5.41, 5.74) is 4.57. The number of rotatable bonds is 7. The molecule has 0 unspecified atom stereocenters. The Balaban J connectivity index is 0.00000272. The van der Waals surface area contributed by atoms with Crippen LogP contribution >= 0.6 is 0 Å². The Hall–Kier alpha value is -2.05. The van der Waals surface area contributed by atoms with Crippen molar-refractivity contribution in [2.75, 3.05) is 0 Å². The van der Waals surface area contributed by atoms with E-state index in [1.807, 2.05) is 30.3 Å². The summed E-state index contributed by atoms with van der Waals surface area (Å²) in [5, 5.41) is 21.7. The van der Waals surface area contributed by atoms with Crippen molar-refractivity contribution in [3.05, 3.63) is 83.8 Å². The van der Waals surface area contributed by atoms with E-state index in [-0.39, 0.29) is 50.0 Å². The third kappa shape index (κ3) is 5.80. The van der Waals surface area contributed by atoms with E-state index in [0.717, 1.165) is 46.1 Å². The summed E-state index contributed by atoms with van der Waals surface area (Å²) < 4.78 is 13.6. The molecule has 0 saturated heterocycles. The normalized spacial score (nSPS) is 14.8. The van der Waals surface area contributed by atoms with Crippen molar-refractivity contribution in [2.24, 2.45) is 0 Å². The quantitative estimate of drug-likeness (QED) is 0.448. The molecule has 1 fully saturated rings. The van der Waals surface area contributed by atoms with Gasteiger partial charge in [0, 0.05) is 34.8 Å². The molecule has 1 saturated carbocycles. The second kappa shape index (κ2) is 10.5. The Morgan fingerprint density at radius 3 is 2.55 bits per heavy atom. The molecule has 0 bridgehead atoms. The number of aliphatic carboxylic acids is 1. The summed E-state index contributed by atoms with van der Waals surface area (Å²) in [6.45, 7) is 0. The number of para-hydroxylation sites is 1. The molecule has 2 aromatic carbocycles. The van der Waals surface area contributed by atoms with Gasteiger partial charge in [0.2, 0.25) is 0 Å². The van der Waals surface area contributed by atoms with Gasteiger partial charge in [0.15, 0.2) is 0 Å². The third-order valence-corrected chi connectivity index (χ3v) is 5.13. The molecule has 31 heavy (non-hydrogen) atoms. The Morgan fingerprint density at radius 1 is 1.16 bits per heavy atom. The summed E-state index contributed by atoms with van der Waals surface area (Å²) in [7, 11) is 0. The molecule has 0 radical (unpaired) electrons. The topological polar surface area (TPSA) is 73.2 Å². The molecule has 1 N–H and O–H groups in total. The van der Waals surface area contributed by atoms with Gasteiger partial charge in [-0.05, 0) is 36.6 Å². The zero-order valence-corrected chi connectivity index (χ0v) is 19.2. The number of carbonyl (C=O) groups excluding carboxylic acids is 1. The number of carboxylic acid groups (broad SMARTS) is 1. The van der Waals surface area contributed by atoms with E-state index < -0.39 is 12.1 Å². The van der Waals surface area contributed by atoms with Gasteiger partial charge in [0.1, 0.15) is 5.82 Å². The first-order valence-corrected chi connectivity index (χ1v) is 9.94. The van der Waals surface area contributed by atoms with Crippen molar-refractivity contribution in [1.29, 1.82) is 0 Å². The number of benzene rings is 2.